The average Bonchev–Trinajstić information content (AvgIpc) is 3.24. The van der Waals surface area contributed by atoms with Gasteiger partial charge in [-0.05, 0) is 48.2 Å². The molecule has 1 spiro atoms. The lowest BCUT2D eigenvalue weighted by Crippen LogP contribution is -2.47. The minimum absolute atomic E-state index is 0.190. The van der Waals surface area contributed by atoms with Crippen LogP contribution in [-0.2, 0) is 18.4 Å². The summed E-state index contributed by atoms with van der Waals surface area (Å²) >= 11 is 1.74. The Labute approximate surface area is 140 Å². The van der Waals surface area contributed by atoms with E-state index in [9.17, 15) is 4.79 Å². The number of hydrogen-bond donors (Lipinski definition) is 0. The number of aryl methyl sites for hydroxylation is 1. The number of hydrogen-bond acceptors (Lipinski definition) is 4. The van der Waals surface area contributed by atoms with E-state index in [1.54, 1.807) is 22.2 Å². The van der Waals surface area contributed by atoms with Crippen LogP contribution >= 0.6 is 11.3 Å². The molecule has 2 saturated heterocycles. The van der Waals surface area contributed by atoms with E-state index in [2.05, 4.69) is 26.8 Å². The van der Waals surface area contributed by atoms with E-state index >= 15 is 0 Å². The zero-order chi connectivity index (χ0) is 15.9. The highest BCUT2D eigenvalue weighted by atomic mass is 32.1. The molecule has 0 saturated carbocycles. The molecule has 2 aliphatic rings. The number of nitrogens with zero attached hydrogens (tertiary/aromatic N) is 4. The average molecular weight is 330 g/mol. The molecule has 5 nitrogen and oxygen atoms in total. The summed E-state index contributed by atoms with van der Waals surface area (Å²) in [7, 11) is 1.89. The van der Waals surface area contributed by atoms with Gasteiger partial charge in [-0.2, -0.15) is 16.4 Å². The number of anilines is 1. The van der Waals surface area contributed by atoms with Gasteiger partial charge < -0.3 is 4.90 Å². The predicted octanol–water partition coefficient (Wildman–Crippen LogP) is 2.50. The number of rotatable bonds is 3. The summed E-state index contributed by atoms with van der Waals surface area (Å²) in [5, 5.41) is 8.54. The van der Waals surface area contributed by atoms with Crippen molar-refractivity contribution in [3.8, 4) is 0 Å². The topological polar surface area (TPSA) is 41.4 Å². The molecule has 23 heavy (non-hydrogen) atoms. The van der Waals surface area contributed by atoms with Crippen LogP contribution in [0.25, 0.3) is 0 Å². The first-order chi connectivity index (χ1) is 11.2. The monoisotopic (exact) mass is 330 g/mol. The third kappa shape index (κ3) is 2.70. The van der Waals surface area contributed by atoms with Gasteiger partial charge in [0.15, 0.2) is 0 Å². The van der Waals surface area contributed by atoms with Gasteiger partial charge in [0.2, 0.25) is 5.91 Å². The molecule has 0 radical (unpaired) electrons. The summed E-state index contributed by atoms with van der Waals surface area (Å²) in [5.41, 5.74) is 2.11. The summed E-state index contributed by atoms with van der Waals surface area (Å²) < 4.78 is 1.76. The summed E-state index contributed by atoms with van der Waals surface area (Å²) in [4.78, 5) is 17.5. The number of carbonyl (C=O) groups excluding carboxylic acids is 1. The van der Waals surface area contributed by atoms with Gasteiger partial charge in [0.25, 0.3) is 0 Å². The Bertz CT molecular complexity index is 695. The predicted molar refractivity (Wildman–Crippen MR) is 91.4 cm³/mol. The molecule has 0 aromatic carbocycles. The second-order valence-electron chi connectivity index (χ2n) is 6.81. The molecule has 4 rings (SSSR count). The summed E-state index contributed by atoms with van der Waals surface area (Å²) in [5.74, 6) is 0.292. The summed E-state index contributed by atoms with van der Waals surface area (Å²) in [6.45, 7) is 3.76. The van der Waals surface area contributed by atoms with Crippen LogP contribution in [0.5, 0.6) is 0 Å². The summed E-state index contributed by atoms with van der Waals surface area (Å²) in [6, 6.07) is 2.18. The van der Waals surface area contributed by atoms with E-state index < -0.39 is 0 Å². The fourth-order valence-corrected chi connectivity index (χ4v) is 4.66. The molecule has 1 unspecified atom stereocenters. The quantitative estimate of drug-likeness (QED) is 0.868. The first-order valence-electron chi connectivity index (χ1n) is 8.20. The molecule has 6 heteroatoms. The largest absolute Gasteiger partial charge is 0.309 e. The van der Waals surface area contributed by atoms with Crippen molar-refractivity contribution >= 4 is 22.9 Å². The van der Waals surface area contributed by atoms with Gasteiger partial charge in [0.05, 0.1) is 17.3 Å². The second-order valence-corrected chi connectivity index (χ2v) is 7.59. The number of aromatic nitrogens is 2. The molecule has 122 valence electrons. The molecule has 0 aliphatic carbocycles. The number of piperidine rings is 1. The van der Waals surface area contributed by atoms with E-state index in [0.29, 0.717) is 5.91 Å². The van der Waals surface area contributed by atoms with E-state index in [1.165, 1.54) is 5.56 Å². The van der Waals surface area contributed by atoms with Gasteiger partial charge >= 0.3 is 0 Å². The van der Waals surface area contributed by atoms with Crippen LogP contribution in [0.2, 0.25) is 0 Å². The molecule has 0 N–H and O–H groups in total. The minimum atomic E-state index is -0.190. The molecule has 2 aromatic rings. The standard InChI is InChI=1S/C17H22N4OS/c1-19-11-15(9-18-19)21-7-5-17(16(21)22)4-2-6-20(13-17)10-14-3-8-23-12-14/h3,8-9,11-12H,2,4-7,10,13H2,1H3. The maximum atomic E-state index is 13.1. The Hall–Kier alpha value is -1.66. The molecule has 2 aromatic heterocycles. The van der Waals surface area contributed by atoms with Gasteiger partial charge in [-0.1, -0.05) is 0 Å². The van der Waals surface area contributed by atoms with Crippen molar-refractivity contribution in [3.63, 3.8) is 0 Å². The van der Waals surface area contributed by atoms with E-state index in [4.69, 9.17) is 0 Å². The van der Waals surface area contributed by atoms with Crippen LogP contribution in [-0.4, -0.2) is 40.2 Å². The normalized spacial score (nSPS) is 25.6. The van der Waals surface area contributed by atoms with E-state index in [1.807, 2.05) is 18.1 Å². The Morgan fingerprint density at radius 3 is 3.00 bits per heavy atom. The Morgan fingerprint density at radius 2 is 2.26 bits per heavy atom. The zero-order valence-electron chi connectivity index (χ0n) is 13.4. The first-order valence-corrected chi connectivity index (χ1v) is 9.15. The van der Waals surface area contributed by atoms with Crippen LogP contribution in [0.15, 0.2) is 29.2 Å². The van der Waals surface area contributed by atoms with E-state index in [0.717, 1.165) is 51.1 Å². The highest BCUT2D eigenvalue weighted by Gasteiger charge is 2.49. The second kappa shape index (κ2) is 5.76. The lowest BCUT2D eigenvalue weighted by Gasteiger charge is -2.38. The third-order valence-electron chi connectivity index (χ3n) is 5.16. The Morgan fingerprint density at radius 1 is 1.35 bits per heavy atom. The van der Waals surface area contributed by atoms with Gasteiger partial charge in [-0.25, -0.2) is 0 Å². The number of likely N-dealkylation sites (tertiary alicyclic amines) is 1. The lowest BCUT2D eigenvalue weighted by molar-refractivity contribution is -0.128. The van der Waals surface area contributed by atoms with Crippen molar-refractivity contribution in [2.24, 2.45) is 12.5 Å². The van der Waals surface area contributed by atoms with Crippen molar-refractivity contribution in [3.05, 3.63) is 34.8 Å². The van der Waals surface area contributed by atoms with Crippen LogP contribution in [0.4, 0.5) is 5.69 Å². The molecular formula is C17H22N4OS. The van der Waals surface area contributed by atoms with Crippen molar-refractivity contribution in [2.45, 2.75) is 25.8 Å². The van der Waals surface area contributed by atoms with Crippen LogP contribution in [0.3, 0.4) is 0 Å². The Kier molecular flexibility index (Phi) is 3.73. The van der Waals surface area contributed by atoms with Gasteiger partial charge in [-0.3, -0.25) is 14.4 Å². The molecule has 4 heterocycles. The third-order valence-corrected chi connectivity index (χ3v) is 5.89. The smallest absolute Gasteiger partial charge is 0.234 e. The van der Waals surface area contributed by atoms with Crippen molar-refractivity contribution in [2.75, 3.05) is 24.5 Å². The van der Waals surface area contributed by atoms with Crippen molar-refractivity contribution < 1.29 is 4.79 Å². The number of carbonyl (C=O) groups is 1. The fraction of sp³-hybridized carbons (Fsp3) is 0.529. The van der Waals surface area contributed by atoms with Gasteiger partial charge in [0, 0.05) is 32.9 Å². The zero-order valence-corrected chi connectivity index (χ0v) is 14.3. The highest BCUT2D eigenvalue weighted by Crippen LogP contribution is 2.42. The molecule has 0 bridgehead atoms. The van der Waals surface area contributed by atoms with Gasteiger partial charge in [-0.15, -0.1) is 0 Å². The fourth-order valence-electron chi connectivity index (χ4n) is 4.00. The highest BCUT2D eigenvalue weighted by molar-refractivity contribution is 7.07. The lowest BCUT2D eigenvalue weighted by atomic mass is 9.78. The maximum Gasteiger partial charge on any atom is 0.234 e. The van der Waals surface area contributed by atoms with Crippen LogP contribution in [0, 0.1) is 5.41 Å². The molecule has 2 fully saturated rings. The van der Waals surface area contributed by atoms with E-state index in [-0.39, 0.29) is 5.41 Å². The van der Waals surface area contributed by atoms with Gasteiger partial charge in [0.1, 0.15) is 0 Å². The summed E-state index contributed by atoms with van der Waals surface area (Å²) in [6.07, 6.45) is 6.81. The Balaban J connectivity index is 1.50. The van der Waals surface area contributed by atoms with Crippen LogP contribution in [0.1, 0.15) is 24.8 Å². The molecule has 2 aliphatic heterocycles. The first kappa shape index (κ1) is 14.9. The van der Waals surface area contributed by atoms with Crippen molar-refractivity contribution in [1.82, 2.24) is 14.7 Å². The van der Waals surface area contributed by atoms with Crippen LogP contribution < -0.4 is 4.90 Å². The molecule has 1 amide bonds. The number of amides is 1. The minimum Gasteiger partial charge on any atom is -0.309 e. The molecule has 1 atom stereocenters. The van der Waals surface area contributed by atoms with Crippen molar-refractivity contribution in [1.29, 1.82) is 0 Å². The molecular weight excluding hydrogens is 308 g/mol. The maximum absolute atomic E-state index is 13.1. The SMILES string of the molecule is Cn1cc(N2CCC3(CCCN(Cc4ccsc4)C3)C2=O)cn1. The number of thiophene rings is 1.